The molecule has 224 valence electrons. The second-order valence-electron chi connectivity index (χ2n) is 15.4. The van der Waals surface area contributed by atoms with E-state index in [4.69, 9.17) is 13.6 Å². The Morgan fingerprint density at radius 2 is 1.57 bits per heavy atom. The zero-order valence-electron chi connectivity index (χ0n) is 26.6. The predicted molar refractivity (Wildman–Crippen MR) is 165 cm³/mol. The molecule has 1 aliphatic carbocycles. The van der Waals surface area contributed by atoms with Crippen LogP contribution in [0.3, 0.4) is 0 Å². The van der Waals surface area contributed by atoms with Gasteiger partial charge in [-0.3, -0.25) is 4.79 Å². The number of nitrogens with zero attached hydrogens (tertiary/aromatic N) is 2. The second kappa shape index (κ2) is 10.5. The lowest BCUT2D eigenvalue weighted by molar-refractivity contribution is -0.162. The van der Waals surface area contributed by atoms with Gasteiger partial charge in [0.2, 0.25) is 0 Å². The zero-order chi connectivity index (χ0) is 29.9. The molecule has 0 radical (unpaired) electrons. The third kappa shape index (κ3) is 5.55. The second-order valence-corrected chi connectivity index (χ2v) is 24.9. The molecule has 2 heterocycles. The van der Waals surface area contributed by atoms with Crippen molar-refractivity contribution in [3.63, 3.8) is 0 Å². The van der Waals surface area contributed by atoms with E-state index in [0.29, 0.717) is 12.8 Å². The Hall–Kier alpha value is -1.69. The summed E-state index contributed by atoms with van der Waals surface area (Å²) < 4.78 is 20.0. The number of oxime groups is 1. The molecule has 9 heteroatoms. The summed E-state index contributed by atoms with van der Waals surface area (Å²) in [6.07, 6.45) is 3.60. The number of ether oxygens (including phenoxy) is 1. The summed E-state index contributed by atoms with van der Waals surface area (Å²) >= 11 is 0. The van der Waals surface area contributed by atoms with Gasteiger partial charge >= 0.3 is 0 Å². The van der Waals surface area contributed by atoms with Crippen molar-refractivity contribution in [2.24, 2.45) is 11.1 Å². The maximum atomic E-state index is 13.9. The van der Waals surface area contributed by atoms with Crippen LogP contribution in [-0.2, 0) is 20.1 Å². The number of methoxy groups -OCH3 is 1. The van der Waals surface area contributed by atoms with Gasteiger partial charge in [0.15, 0.2) is 16.6 Å². The van der Waals surface area contributed by atoms with Crippen LogP contribution in [0.25, 0.3) is 0 Å². The molecular weight excluding hydrogens is 537 g/mol. The van der Waals surface area contributed by atoms with Gasteiger partial charge < -0.3 is 23.7 Å². The Kier molecular flexibility index (Phi) is 8.24. The Labute approximate surface area is 243 Å². The van der Waals surface area contributed by atoms with E-state index in [1.54, 1.807) is 7.11 Å². The van der Waals surface area contributed by atoms with Crippen LogP contribution in [0.1, 0.15) is 72.8 Å². The van der Waals surface area contributed by atoms with E-state index >= 15 is 0 Å². The molecule has 3 fully saturated rings. The number of fused-ring (bicyclic) bond motifs is 1. The molecule has 1 saturated carbocycles. The summed E-state index contributed by atoms with van der Waals surface area (Å²) in [5.74, 6) is 0.819. The van der Waals surface area contributed by atoms with Gasteiger partial charge in [-0.05, 0) is 79.6 Å². The standard InChI is InChI=1S/C31H52N2O5Si2/c1-29(2,3)39(8,9)37-26-16-17-31-19-23(26)27(38-40(10,11)30(4,5)6)25(33(31)28(34)24(20-31)32-35)18-21-12-14-22(36-7)15-13-21/h12-15,23,25-27,35H,16-20H2,1-11H3/b32-24+/t23-,25-,26-,27-,31-/m0/s1. The van der Waals surface area contributed by atoms with E-state index in [9.17, 15) is 10.0 Å². The topological polar surface area (TPSA) is 80.6 Å². The first-order valence-electron chi connectivity index (χ1n) is 14.9. The number of piperidine rings is 1. The van der Waals surface area contributed by atoms with E-state index < -0.39 is 16.6 Å². The van der Waals surface area contributed by atoms with Crippen LogP contribution >= 0.6 is 0 Å². The molecule has 1 aromatic rings. The summed E-state index contributed by atoms with van der Waals surface area (Å²) in [6, 6.07) is 7.95. The number of benzene rings is 1. The fraction of sp³-hybridized carbons (Fsp3) is 0.742. The molecule has 7 nitrogen and oxygen atoms in total. The van der Waals surface area contributed by atoms with E-state index in [2.05, 4.69) is 89.9 Å². The normalized spacial score (nSPS) is 30.5. The van der Waals surface area contributed by atoms with Crippen LogP contribution in [0, 0.1) is 5.92 Å². The van der Waals surface area contributed by atoms with Gasteiger partial charge in [-0.2, -0.15) is 0 Å². The van der Waals surface area contributed by atoms with E-state index in [1.807, 2.05) is 12.1 Å². The highest BCUT2D eigenvalue weighted by atomic mass is 28.4. The fourth-order valence-corrected chi connectivity index (χ4v) is 9.21. The molecule has 2 aliphatic heterocycles. The molecule has 40 heavy (non-hydrogen) atoms. The Morgan fingerprint density at radius 1 is 1.00 bits per heavy atom. The van der Waals surface area contributed by atoms with E-state index in [1.165, 1.54) is 0 Å². The lowest BCUT2D eigenvalue weighted by atomic mass is 9.65. The van der Waals surface area contributed by atoms with Crippen LogP contribution in [0.5, 0.6) is 5.75 Å². The van der Waals surface area contributed by atoms with Crippen molar-refractivity contribution in [2.45, 2.75) is 134 Å². The van der Waals surface area contributed by atoms with Crippen molar-refractivity contribution in [3.05, 3.63) is 29.8 Å². The predicted octanol–water partition coefficient (Wildman–Crippen LogP) is 7.00. The molecular formula is C31H52N2O5Si2. The van der Waals surface area contributed by atoms with Crippen molar-refractivity contribution in [1.29, 1.82) is 0 Å². The first kappa shape index (κ1) is 31.3. The Bertz CT molecular complexity index is 1120. The SMILES string of the molecule is COc1ccc(C[C@H]2[C@@H](O[Si](C)(C)C(C)(C)C)[C@H]3C[C@@]4(CC[C@@H]3O[Si](C)(C)C(C)(C)C)C/C(=N\O)C(=O)N24)cc1. The Morgan fingerprint density at radius 3 is 2.10 bits per heavy atom. The molecule has 2 saturated heterocycles. The minimum Gasteiger partial charge on any atom is -0.497 e. The molecule has 0 aromatic heterocycles. The van der Waals surface area contributed by atoms with Crippen LogP contribution in [0.15, 0.2) is 29.4 Å². The lowest BCUT2D eigenvalue weighted by Gasteiger charge is -2.60. The average Bonchev–Trinajstić information content (AvgIpc) is 3.12. The number of hydrogen-bond donors (Lipinski definition) is 1. The molecule has 5 atom stereocenters. The number of amides is 1. The number of carbonyl (C=O) groups excluding carboxylic acids is 1. The van der Waals surface area contributed by atoms with Crippen molar-refractivity contribution < 1.29 is 23.6 Å². The summed E-state index contributed by atoms with van der Waals surface area (Å²) in [6.45, 7) is 23.0. The van der Waals surface area contributed by atoms with Gasteiger partial charge in [-0.25, -0.2) is 0 Å². The van der Waals surface area contributed by atoms with Crippen molar-refractivity contribution >= 4 is 28.3 Å². The van der Waals surface area contributed by atoms with Gasteiger partial charge in [0.25, 0.3) is 5.91 Å². The van der Waals surface area contributed by atoms with Crippen LogP contribution in [0.4, 0.5) is 0 Å². The fourth-order valence-electron chi connectivity index (χ4n) is 6.44. The van der Waals surface area contributed by atoms with Gasteiger partial charge in [-0.15, -0.1) is 0 Å². The molecule has 0 unspecified atom stereocenters. The lowest BCUT2D eigenvalue weighted by Crippen LogP contribution is -2.70. The first-order chi connectivity index (χ1) is 18.4. The van der Waals surface area contributed by atoms with Gasteiger partial charge in [0.05, 0.1) is 30.9 Å². The molecule has 2 bridgehead atoms. The van der Waals surface area contributed by atoms with Gasteiger partial charge in [0, 0.05) is 12.3 Å². The average molecular weight is 589 g/mol. The summed E-state index contributed by atoms with van der Waals surface area (Å²) in [5.41, 5.74) is 1.05. The quantitative estimate of drug-likeness (QED) is 0.211. The van der Waals surface area contributed by atoms with Crippen LogP contribution in [-0.4, -0.2) is 69.3 Å². The smallest absolute Gasteiger partial charge is 0.272 e. The molecule has 1 aromatic carbocycles. The van der Waals surface area contributed by atoms with E-state index in [-0.39, 0.29) is 51.4 Å². The summed E-state index contributed by atoms with van der Waals surface area (Å²) in [4.78, 5) is 15.9. The molecule has 1 amide bonds. The Balaban J connectivity index is 1.83. The van der Waals surface area contributed by atoms with Gasteiger partial charge in [-0.1, -0.05) is 58.8 Å². The maximum Gasteiger partial charge on any atom is 0.272 e. The molecule has 1 spiro atoms. The minimum absolute atomic E-state index is 0.0172. The third-order valence-electron chi connectivity index (χ3n) is 10.8. The van der Waals surface area contributed by atoms with Crippen molar-refractivity contribution in [2.75, 3.05) is 7.11 Å². The van der Waals surface area contributed by atoms with Crippen molar-refractivity contribution in [1.82, 2.24) is 4.90 Å². The highest BCUT2D eigenvalue weighted by Crippen LogP contribution is 2.55. The highest BCUT2D eigenvalue weighted by Gasteiger charge is 2.64. The molecule has 4 rings (SSSR count). The first-order valence-corrected chi connectivity index (χ1v) is 20.7. The summed E-state index contributed by atoms with van der Waals surface area (Å²) in [7, 11) is -2.60. The highest BCUT2D eigenvalue weighted by molar-refractivity contribution is 6.74. The monoisotopic (exact) mass is 588 g/mol. The van der Waals surface area contributed by atoms with Gasteiger partial charge in [0.1, 0.15) is 11.5 Å². The minimum atomic E-state index is -2.22. The summed E-state index contributed by atoms with van der Waals surface area (Å²) in [5, 5.41) is 13.5. The number of carbonyl (C=O) groups is 1. The maximum absolute atomic E-state index is 13.9. The molecule has 1 N–H and O–H groups in total. The number of hydrogen-bond acceptors (Lipinski definition) is 6. The van der Waals surface area contributed by atoms with Crippen LogP contribution in [0.2, 0.25) is 36.3 Å². The van der Waals surface area contributed by atoms with Crippen LogP contribution < -0.4 is 4.74 Å². The third-order valence-corrected chi connectivity index (χ3v) is 19.8. The van der Waals surface area contributed by atoms with E-state index in [0.717, 1.165) is 30.6 Å². The number of rotatable bonds is 7. The zero-order valence-corrected chi connectivity index (χ0v) is 28.6. The largest absolute Gasteiger partial charge is 0.497 e. The van der Waals surface area contributed by atoms with Crippen molar-refractivity contribution in [3.8, 4) is 5.75 Å². The molecule has 3 aliphatic rings.